The fraction of sp³-hybridized carbons (Fsp3) is 0.375. The molecule has 1 saturated heterocycles. The minimum atomic E-state index is -5.00. The third kappa shape index (κ3) is 6.72. The highest BCUT2D eigenvalue weighted by molar-refractivity contribution is 7.19. The zero-order valence-electron chi connectivity index (χ0n) is 21.3. The van der Waals surface area contributed by atoms with Crippen LogP contribution in [0.2, 0.25) is 0 Å². The van der Waals surface area contributed by atoms with Crippen molar-refractivity contribution >= 4 is 45.8 Å². The summed E-state index contributed by atoms with van der Waals surface area (Å²) >= 11 is 0.530. The number of nitrogens with one attached hydrogen (secondary N) is 3. The average Bonchev–Trinajstić information content (AvgIpc) is 3.40. The summed E-state index contributed by atoms with van der Waals surface area (Å²) in [5.41, 5.74) is -0.840. The molecule has 1 aliphatic rings. The van der Waals surface area contributed by atoms with E-state index >= 15 is 0 Å². The maximum atomic E-state index is 14.4. The lowest BCUT2D eigenvalue weighted by Crippen LogP contribution is -2.43. The van der Waals surface area contributed by atoms with Gasteiger partial charge in [0, 0.05) is 25.7 Å². The van der Waals surface area contributed by atoms with E-state index in [0.29, 0.717) is 43.1 Å². The first-order valence-corrected chi connectivity index (χ1v) is 13.1. The second-order valence-corrected chi connectivity index (χ2v) is 9.94. The number of carbonyl (C=O) groups excluding carboxylic acids is 3. The molecule has 1 unspecified atom stereocenters. The molecule has 0 spiro atoms. The summed E-state index contributed by atoms with van der Waals surface area (Å²) in [5.74, 6) is -4.45. The third-order valence-electron chi connectivity index (χ3n) is 6.21. The Hall–Kier alpha value is -4.28. The van der Waals surface area contributed by atoms with Gasteiger partial charge in [-0.3, -0.25) is 9.59 Å². The number of nitrogens with zero attached hydrogens (tertiary/aromatic N) is 4. The van der Waals surface area contributed by atoms with Gasteiger partial charge in [0.05, 0.1) is 11.8 Å². The highest BCUT2D eigenvalue weighted by Gasteiger charge is 2.40. The van der Waals surface area contributed by atoms with Crippen molar-refractivity contribution in [3.63, 3.8) is 0 Å². The molecular formula is C24H23F5N7O4S-. The smallest absolute Gasteiger partial charge is 0.471 e. The first-order valence-electron chi connectivity index (χ1n) is 12.3. The number of carbonyl (C=O) groups is 3. The van der Waals surface area contributed by atoms with Gasteiger partial charge in [-0.05, 0) is 38.3 Å². The van der Waals surface area contributed by atoms with Crippen molar-refractivity contribution in [1.82, 2.24) is 20.1 Å². The maximum absolute atomic E-state index is 14.4. The first-order chi connectivity index (χ1) is 19.4. The number of amides is 3. The molecule has 41 heavy (non-hydrogen) atoms. The number of halogens is 5. The van der Waals surface area contributed by atoms with Crippen LogP contribution in [0.5, 0.6) is 0 Å². The lowest BCUT2D eigenvalue weighted by Gasteiger charge is -2.25. The van der Waals surface area contributed by atoms with E-state index in [1.54, 1.807) is 16.5 Å². The molecule has 3 heterocycles. The Balaban J connectivity index is 1.59. The van der Waals surface area contributed by atoms with Crippen LogP contribution >= 0.6 is 11.3 Å². The van der Waals surface area contributed by atoms with E-state index in [1.165, 1.54) is 6.20 Å². The molecule has 0 radical (unpaired) electrons. The molecule has 4 rings (SSSR count). The fourth-order valence-electron chi connectivity index (χ4n) is 4.39. The standard InChI is InChI=1S/C24H24F5N7O4S/c1-2-36-21(35-9-4-5-12(8-10-35)31-22(38)24(27,28)29)15(11-30-36)32-18(37)17-20(34-23(39)40)41-19(33-17)16-13(25)6-3-7-14(16)26/h3,6-7,11-12,34H,2,4-5,8-10H2,1H3,(H,31,38)(H,32,37)(H,39,40)/p-1. The van der Waals surface area contributed by atoms with Gasteiger partial charge < -0.3 is 30.8 Å². The van der Waals surface area contributed by atoms with Gasteiger partial charge in [0.1, 0.15) is 33.4 Å². The molecule has 3 amide bonds. The van der Waals surface area contributed by atoms with Gasteiger partial charge in [-0.2, -0.15) is 18.3 Å². The topological polar surface area (TPSA) is 144 Å². The summed E-state index contributed by atoms with van der Waals surface area (Å²) in [6.07, 6.45) is -4.53. The van der Waals surface area contributed by atoms with Crippen LogP contribution in [-0.4, -0.2) is 58.0 Å². The Labute approximate surface area is 233 Å². The SMILES string of the molecule is CCn1ncc(NC(=O)c2nc(-c3c(F)cccc3F)sc2NC(=O)[O-])c1N1CCCC(NC(=O)C(F)(F)F)CC1. The molecule has 1 aromatic carbocycles. The van der Waals surface area contributed by atoms with E-state index in [-0.39, 0.29) is 28.7 Å². The predicted octanol–water partition coefficient (Wildman–Crippen LogP) is 3.35. The van der Waals surface area contributed by atoms with Crippen LogP contribution in [0.1, 0.15) is 36.7 Å². The van der Waals surface area contributed by atoms with Gasteiger partial charge in [0.15, 0.2) is 11.5 Å². The second kappa shape index (κ2) is 12.1. The number of carboxylic acid groups (broad SMARTS) is 1. The van der Waals surface area contributed by atoms with Crippen molar-refractivity contribution in [2.45, 2.75) is 44.9 Å². The number of alkyl halides is 3. The van der Waals surface area contributed by atoms with E-state index < -0.39 is 53.0 Å². The van der Waals surface area contributed by atoms with Crippen molar-refractivity contribution in [3.8, 4) is 10.6 Å². The Bertz CT molecular complexity index is 1440. The Morgan fingerprint density at radius 3 is 2.46 bits per heavy atom. The van der Waals surface area contributed by atoms with Crippen molar-refractivity contribution in [2.75, 3.05) is 28.6 Å². The van der Waals surface area contributed by atoms with Crippen molar-refractivity contribution < 1.29 is 41.4 Å². The molecule has 17 heteroatoms. The minimum Gasteiger partial charge on any atom is -0.530 e. The van der Waals surface area contributed by atoms with Crippen LogP contribution in [0.3, 0.4) is 0 Å². The zero-order valence-corrected chi connectivity index (χ0v) is 22.2. The lowest BCUT2D eigenvalue weighted by molar-refractivity contribution is -0.242. The first kappa shape index (κ1) is 29.7. The monoisotopic (exact) mass is 600 g/mol. The Morgan fingerprint density at radius 2 is 1.83 bits per heavy atom. The largest absolute Gasteiger partial charge is 0.530 e. The van der Waals surface area contributed by atoms with Crippen molar-refractivity contribution in [2.24, 2.45) is 0 Å². The van der Waals surface area contributed by atoms with Crippen molar-refractivity contribution in [1.29, 1.82) is 0 Å². The Kier molecular flexibility index (Phi) is 8.74. The van der Waals surface area contributed by atoms with Crippen LogP contribution in [0, 0.1) is 11.6 Å². The van der Waals surface area contributed by atoms with Crippen LogP contribution in [-0.2, 0) is 11.3 Å². The number of aryl methyl sites for hydroxylation is 1. The number of hydrogen-bond donors (Lipinski definition) is 3. The fourth-order valence-corrected chi connectivity index (χ4v) is 5.39. The van der Waals surface area contributed by atoms with E-state index in [4.69, 9.17) is 0 Å². The number of hydrogen-bond acceptors (Lipinski definition) is 8. The minimum absolute atomic E-state index is 0.181. The van der Waals surface area contributed by atoms with E-state index in [0.717, 1.165) is 18.2 Å². The third-order valence-corrected chi connectivity index (χ3v) is 7.20. The summed E-state index contributed by atoms with van der Waals surface area (Å²) < 4.78 is 68.4. The Morgan fingerprint density at radius 1 is 1.12 bits per heavy atom. The van der Waals surface area contributed by atoms with Crippen LogP contribution in [0.25, 0.3) is 10.6 Å². The molecule has 3 N–H and O–H groups in total. The molecule has 0 aliphatic carbocycles. The summed E-state index contributed by atoms with van der Waals surface area (Å²) in [4.78, 5) is 41.7. The van der Waals surface area contributed by atoms with Crippen molar-refractivity contribution in [3.05, 3.63) is 41.7 Å². The zero-order chi connectivity index (χ0) is 29.9. The van der Waals surface area contributed by atoms with Crippen LogP contribution < -0.4 is 26.0 Å². The van der Waals surface area contributed by atoms with Gasteiger partial charge in [-0.1, -0.05) is 17.4 Å². The van der Waals surface area contributed by atoms with E-state index in [2.05, 4.69) is 15.4 Å². The molecule has 3 aromatic rings. The molecule has 1 atom stereocenters. The van der Waals surface area contributed by atoms with Crippen LogP contribution in [0.15, 0.2) is 24.4 Å². The predicted molar refractivity (Wildman–Crippen MR) is 136 cm³/mol. The molecule has 0 saturated carbocycles. The molecule has 220 valence electrons. The van der Waals surface area contributed by atoms with E-state index in [9.17, 15) is 41.4 Å². The number of aromatic nitrogens is 3. The highest BCUT2D eigenvalue weighted by atomic mass is 32.1. The van der Waals surface area contributed by atoms with Gasteiger partial charge in [-0.25, -0.2) is 18.4 Å². The lowest BCUT2D eigenvalue weighted by atomic mass is 10.1. The highest BCUT2D eigenvalue weighted by Crippen LogP contribution is 2.36. The quantitative estimate of drug-likeness (QED) is 0.353. The van der Waals surface area contributed by atoms with Gasteiger partial charge in [0.25, 0.3) is 5.91 Å². The summed E-state index contributed by atoms with van der Waals surface area (Å²) in [6, 6.07) is 2.39. The van der Waals surface area contributed by atoms with Gasteiger partial charge >= 0.3 is 12.1 Å². The average molecular weight is 601 g/mol. The molecule has 2 aromatic heterocycles. The molecule has 0 bridgehead atoms. The van der Waals surface area contributed by atoms with Crippen LogP contribution in [0.4, 0.5) is 43.3 Å². The number of anilines is 3. The van der Waals surface area contributed by atoms with E-state index in [1.807, 2.05) is 10.6 Å². The molecule has 1 fully saturated rings. The summed E-state index contributed by atoms with van der Waals surface area (Å²) in [6.45, 7) is 2.74. The molecular weight excluding hydrogens is 577 g/mol. The molecule has 11 nitrogen and oxygen atoms in total. The number of thiazole rings is 1. The maximum Gasteiger partial charge on any atom is 0.471 e. The summed E-state index contributed by atoms with van der Waals surface area (Å²) in [7, 11) is 0. The number of benzene rings is 1. The summed E-state index contributed by atoms with van der Waals surface area (Å²) in [5, 5.41) is 21.4. The molecule has 1 aliphatic heterocycles. The second-order valence-electron chi connectivity index (χ2n) is 8.94. The normalized spacial score (nSPS) is 15.8. The van der Waals surface area contributed by atoms with Gasteiger partial charge in [-0.15, -0.1) is 0 Å². The van der Waals surface area contributed by atoms with Gasteiger partial charge in [0.2, 0.25) is 0 Å². The number of rotatable bonds is 7.